The molecule has 1 unspecified atom stereocenters. The molecule has 0 amide bonds. The number of hydrogen-bond donors (Lipinski definition) is 0. The Kier molecular flexibility index (Phi) is 5.44. The molecule has 1 aliphatic heterocycles. The highest BCUT2D eigenvalue weighted by atomic mass is 15.3. The number of likely N-dealkylation sites (tertiary alicyclic amines) is 1. The van der Waals surface area contributed by atoms with Crippen LogP contribution < -0.4 is 9.80 Å². The molecule has 0 N–H and O–H groups in total. The highest BCUT2D eigenvalue weighted by Gasteiger charge is 2.24. The van der Waals surface area contributed by atoms with Gasteiger partial charge in [-0.2, -0.15) is 4.98 Å². The van der Waals surface area contributed by atoms with Gasteiger partial charge in [-0.15, -0.1) is 0 Å². The summed E-state index contributed by atoms with van der Waals surface area (Å²) in [5.74, 6) is 1.75. The molecular formula is C23H29N5. The van der Waals surface area contributed by atoms with Crippen molar-refractivity contribution in [2.45, 2.75) is 25.4 Å². The fourth-order valence-corrected chi connectivity index (χ4v) is 4.10. The number of hydrogen-bond acceptors (Lipinski definition) is 5. The minimum absolute atomic E-state index is 0.466. The van der Waals surface area contributed by atoms with Crippen molar-refractivity contribution in [2.24, 2.45) is 0 Å². The Morgan fingerprint density at radius 1 is 1.04 bits per heavy atom. The fraction of sp³-hybridized carbons (Fsp3) is 0.391. The average Bonchev–Trinajstić information content (AvgIpc) is 2.74. The molecule has 0 aliphatic carbocycles. The van der Waals surface area contributed by atoms with E-state index in [1.54, 1.807) is 0 Å². The molecule has 146 valence electrons. The number of rotatable bonds is 5. The van der Waals surface area contributed by atoms with Gasteiger partial charge in [-0.1, -0.05) is 42.5 Å². The third-order valence-corrected chi connectivity index (χ3v) is 5.69. The van der Waals surface area contributed by atoms with Crippen LogP contribution in [0.5, 0.6) is 0 Å². The molecule has 0 bridgehead atoms. The standard InChI is InChI=1S/C23H29N5/c1-26(2)23-24-14-13-22(25-23)27(3)20-11-7-15-28(17-20)16-19-10-6-9-18-8-4-5-12-21(18)19/h4-6,8-10,12-14,20H,7,11,15-17H2,1-3H3. The summed E-state index contributed by atoms with van der Waals surface area (Å²) in [5, 5.41) is 2.69. The quantitative estimate of drug-likeness (QED) is 0.678. The van der Waals surface area contributed by atoms with Gasteiger partial charge in [0.15, 0.2) is 0 Å². The molecular weight excluding hydrogens is 346 g/mol. The molecule has 1 aromatic heterocycles. The SMILES string of the molecule is CN(C)c1nccc(N(C)C2CCCN(Cc3cccc4ccccc34)C2)n1. The largest absolute Gasteiger partial charge is 0.355 e. The Labute approximate surface area is 167 Å². The van der Waals surface area contributed by atoms with E-state index in [9.17, 15) is 0 Å². The third-order valence-electron chi connectivity index (χ3n) is 5.69. The molecule has 1 saturated heterocycles. The van der Waals surface area contributed by atoms with E-state index in [0.717, 1.165) is 31.4 Å². The Hall–Kier alpha value is -2.66. The van der Waals surface area contributed by atoms with Gasteiger partial charge in [0, 0.05) is 46.5 Å². The summed E-state index contributed by atoms with van der Waals surface area (Å²) in [4.78, 5) is 15.9. The summed E-state index contributed by atoms with van der Waals surface area (Å²) in [6.07, 6.45) is 4.26. The van der Waals surface area contributed by atoms with Gasteiger partial charge in [0.1, 0.15) is 5.82 Å². The minimum atomic E-state index is 0.466. The number of piperidine rings is 1. The number of likely N-dealkylation sites (N-methyl/N-ethyl adjacent to an activating group) is 1. The van der Waals surface area contributed by atoms with Gasteiger partial charge in [-0.3, -0.25) is 4.90 Å². The Morgan fingerprint density at radius 2 is 1.86 bits per heavy atom. The van der Waals surface area contributed by atoms with Gasteiger partial charge in [-0.25, -0.2) is 4.98 Å². The number of fused-ring (bicyclic) bond motifs is 1. The predicted octanol–water partition coefficient (Wildman–Crippen LogP) is 3.80. The first kappa shape index (κ1) is 18.7. The van der Waals surface area contributed by atoms with Crippen molar-refractivity contribution in [3.8, 4) is 0 Å². The third kappa shape index (κ3) is 3.94. The molecule has 0 spiro atoms. The van der Waals surface area contributed by atoms with E-state index in [1.807, 2.05) is 31.3 Å². The van der Waals surface area contributed by atoms with Crippen molar-refractivity contribution in [1.29, 1.82) is 0 Å². The van der Waals surface area contributed by atoms with Gasteiger partial charge in [0.05, 0.1) is 0 Å². The maximum atomic E-state index is 4.72. The van der Waals surface area contributed by atoms with Crippen LogP contribution in [0.2, 0.25) is 0 Å². The fourth-order valence-electron chi connectivity index (χ4n) is 4.10. The van der Waals surface area contributed by atoms with Crippen LogP contribution in [0.4, 0.5) is 11.8 Å². The number of benzene rings is 2. The van der Waals surface area contributed by atoms with E-state index in [2.05, 4.69) is 64.3 Å². The molecule has 5 nitrogen and oxygen atoms in total. The normalized spacial score (nSPS) is 17.6. The molecule has 0 saturated carbocycles. The van der Waals surface area contributed by atoms with Gasteiger partial charge in [0.25, 0.3) is 0 Å². The van der Waals surface area contributed by atoms with Crippen LogP contribution in [-0.4, -0.2) is 55.1 Å². The Balaban J connectivity index is 1.49. The summed E-state index contributed by atoms with van der Waals surface area (Å²) < 4.78 is 0. The highest BCUT2D eigenvalue weighted by molar-refractivity contribution is 5.85. The highest BCUT2D eigenvalue weighted by Crippen LogP contribution is 2.24. The van der Waals surface area contributed by atoms with Crippen LogP contribution in [0.3, 0.4) is 0 Å². The summed E-state index contributed by atoms with van der Waals surface area (Å²) in [5.41, 5.74) is 1.42. The lowest BCUT2D eigenvalue weighted by Crippen LogP contribution is -2.46. The Bertz CT molecular complexity index is 934. The van der Waals surface area contributed by atoms with E-state index in [0.29, 0.717) is 6.04 Å². The molecule has 28 heavy (non-hydrogen) atoms. The molecule has 0 radical (unpaired) electrons. The summed E-state index contributed by atoms with van der Waals surface area (Å²) in [7, 11) is 6.12. The van der Waals surface area contributed by atoms with Gasteiger partial charge in [0.2, 0.25) is 5.95 Å². The first-order valence-corrected chi connectivity index (χ1v) is 10.0. The van der Waals surface area contributed by atoms with Crippen LogP contribution >= 0.6 is 0 Å². The summed E-state index contributed by atoms with van der Waals surface area (Å²) in [6.45, 7) is 3.21. The van der Waals surface area contributed by atoms with Crippen LogP contribution in [0.1, 0.15) is 18.4 Å². The molecule has 3 aromatic rings. The minimum Gasteiger partial charge on any atom is -0.355 e. The van der Waals surface area contributed by atoms with Gasteiger partial charge < -0.3 is 9.80 Å². The molecule has 1 atom stereocenters. The second kappa shape index (κ2) is 8.15. The van der Waals surface area contributed by atoms with Crippen molar-refractivity contribution < 1.29 is 0 Å². The zero-order valence-electron chi connectivity index (χ0n) is 17.0. The lowest BCUT2D eigenvalue weighted by Gasteiger charge is -2.38. The van der Waals surface area contributed by atoms with Crippen LogP contribution in [0, 0.1) is 0 Å². The molecule has 2 aromatic carbocycles. The number of anilines is 2. The zero-order chi connectivity index (χ0) is 19.5. The molecule has 1 aliphatic rings. The zero-order valence-corrected chi connectivity index (χ0v) is 17.0. The van der Waals surface area contributed by atoms with Crippen LogP contribution in [0.15, 0.2) is 54.7 Å². The lowest BCUT2D eigenvalue weighted by molar-refractivity contribution is 0.199. The maximum Gasteiger partial charge on any atom is 0.226 e. The predicted molar refractivity (Wildman–Crippen MR) is 117 cm³/mol. The molecule has 5 heteroatoms. The Morgan fingerprint density at radius 3 is 2.71 bits per heavy atom. The first-order valence-electron chi connectivity index (χ1n) is 10.0. The first-order chi connectivity index (χ1) is 13.6. The molecule has 2 heterocycles. The number of aromatic nitrogens is 2. The van der Waals surface area contributed by atoms with Crippen molar-refractivity contribution in [1.82, 2.24) is 14.9 Å². The smallest absolute Gasteiger partial charge is 0.226 e. The van der Waals surface area contributed by atoms with Crippen molar-refractivity contribution in [2.75, 3.05) is 44.0 Å². The maximum absolute atomic E-state index is 4.72. The van der Waals surface area contributed by atoms with Gasteiger partial charge in [-0.05, 0) is 41.8 Å². The van der Waals surface area contributed by atoms with E-state index in [-0.39, 0.29) is 0 Å². The molecule has 4 rings (SSSR count). The lowest BCUT2D eigenvalue weighted by atomic mass is 10.0. The average molecular weight is 376 g/mol. The topological polar surface area (TPSA) is 35.5 Å². The van der Waals surface area contributed by atoms with E-state index >= 15 is 0 Å². The van der Waals surface area contributed by atoms with E-state index in [4.69, 9.17) is 4.98 Å². The second-order valence-electron chi connectivity index (χ2n) is 7.89. The van der Waals surface area contributed by atoms with Crippen molar-refractivity contribution in [3.63, 3.8) is 0 Å². The van der Waals surface area contributed by atoms with E-state index < -0.39 is 0 Å². The molecule has 1 fully saturated rings. The second-order valence-corrected chi connectivity index (χ2v) is 7.89. The van der Waals surface area contributed by atoms with Gasteiger partial charge >= 0.3 is 0 Å². The van der Waals surface area contributed by atoms with E-state index in [1.165, 1.54) is 29.2 Å². The van der Waals surface area contributed by atoms with Crippen LogP contribution in [-0.2, 0) is 6.54 Å². The van der Waals surface area contributed by atoms with Crippen LogP contribution in [0.25, 0.3) is 10.8 Å². The summed E-state index contributed by atoms with van der Waals surface area (Å²) in [6, 6.07) is 17.8. The number of nitrogens with zero attached hydrogens (tertiary/aromatic N) is 5. The van der Waals surface area contributed by atoms with Crippen molar-refractivity contribution in [3.05, 3.63) is 60.3 Å². The van der Waals surface area contributed by atoms with Crippen molar-refractivity contribution >= 4 is 22.5 Å². The monoisotopic (exact) mass is 375 g/mol. The summed E-state index contributed by atoms with van der Waals surface area (Å²) >= 11 is 0.